The van der Waals surface area contributed by atoms with Gasteiger partial charge in [0, 0.05) is 37.4 Å². The van der Waals surface area contributed by atoms with Crippen molar-refractivity contribution in [3.63, 3.8) is 0 Å². The standard InChI is InChI=1S/C18H24N6O2/c1-12-11-13(2)22-18(21-12)23-17-16(19-7-8-20-17)14-5-4-9-24(14)15(25)6-10-26-3/h7-8,11,14H,4-6,9-10H2,1-3H3,(H,20,21,22,23)/t14-/m0/s1. The van der Waals surface area contributed by atoms with Crippen molar-refractivity contribution in [1.29, 1.82) is 0 Å². The Bertz CT molecular complexity index is 762. The number of anilines is 2. The molecule has 1 aliphatic rings. The number of rotatable bonds is 6. The highest BCUT2D eigenvalue weighted by atomic mass is 16.5. The average Bonchev–Trinajstić information content (AvgIpc) is 3.09. The highest BCUT2D eigenvalue weighted by molar-refractivity contribution is 5.77. The highest BCUT2D eigenvalue weighted by Crippen LogP contribution is 2.34. The number of amides is 1. The van der Waals surface area contributed by atoms with Crippen LogP contribution in [0.2, 0.25) is 0 Å². The van der Waals surface area contributed by atoms with Crippen LogP contribution in [0.25, 0.3) is 0 Å². The van der Waals surface area contributed by atoms with Crippen LogP contribution in [0.15, 0.2) is 18.5 Å². The maximum Gasteiger partial charge on any atom is 0.228 e. The second kappa shape index (κ2) is 8.18. The zero-order valence-electron chi connectivity index (χ0n) is 15.4. The van der Waals surface area contributed by atoms with E-state index in [1.165, 1.54) is 0 Å². The minimum absolute atomic E-state index is 0.0774. The number of nitrogens with one attached hydrogen (secondary N) is 1. The minimum Gasteiger partial charge on any atom is -0.384 e. The molecule has 8 heteroatoms. The zero-order valence-corrected chi connectivity index (χ0v) is 15.4. The molecule has 2 aromatic heterocycles. The Hall–Kier alpha value is -2.61. The molecule has 1 N–H and O–H groups in total. The van der Waals surface area contributed by atoms with Gasteiger partial charge in [-0.1, -0.05) is 0 Å². The molecule has 3 heterocycles. The maximum absolute atomic E-state index is 12.5. The first-order valence-electron chi connectivity index (χ1n) is 8.77. The first kappa shape index (κ1) is 18.2. The van der Waals surface area contributed by atoms with Crippen molar-refractivity contribution >= 4 is 17.7 Å². The van der Waals surface area contributed by atoms with Crippen LogP contribution in [-0.4, -0.2) is 51.0 Å². The fraction of sp³-hybridized carbons (Fsp3) is 0.500. The number of aromatic nitrogens is 4. The highest BCUT2D eigenvalue weighted by Gasteiger charge is 2.32. The van der Waals surface area contributed by atoms with Crippen molar-refractivity contribution in [2.45, 2.75) is 39.2 Å². The first-order chi connectivity index (χ1) is 12.6. The number of ether oxygens (including phenoxy) is 1. The minimum atomic E-state index is -0.0959. The molecule has 0 saturated carbocycles. The third-order valence-corrected chi connectivity index (χ3v) is 4.35. The van der Waals surface area contributed by atoms with E-state index in [9.17, 15) is 4.79 Å². The van der Waals surface area contributed by atoms with Gasteiger partial charge in [0.05, 0.1) is 19.1 Å². The quantitative estimate of drug-likeness (QED) is 0.849. The SMILES string of the molecule is COCCC(=O)N1CCC[C@H]1c1nccnc1Nc1nc(C)cc(C)n1. The first-order valence-corrected chi connectivity index (χ1v) is 8.77. The van der Waals surface area contributed by atoms with Crippen molar-refractivity contribution in [2.24, 2.45) is 0 Å². The summed E-state index contributed by atoms with van der Waals surface area (Å²) in [5, 5.41) is 3.18. The van der Waals surface area contributed by atoms with Gasteiger partial charge in [0.15, 0.2) is 5.82 Å². The molecule has 1 saturated heterocycles. The second-order valence-electron chi connectivity index (χ2n) is 6.38. The van der Waals surface area contributed by atoms with E-state index in [2.05, 4.69) is 25.3 Å². The van der Waals surface area contributed by atoms with Crippen molar-refractivity contribution < 1.29 is 9.53 Å². The second-order valence-corrected chi connectivity index (χ2v) is 6.38. The largest absolute Gasteiger partial charge is 0.384 e. The molecule has 0 radical (unpaired) electrons. The molecule has 1 amide bonds. The van der Waals surface area contributed by atoms with E-state index in [4.69, 9.17) is 4.74 Å². The molecule has 0 unspecified atom stereocenters. The van der Waals surface area contributed by atoms with Gasteiger partial charge in [0.1, 0.15) is 5.69 Å². The fourth-order valence-corrected chi connectivity index (χ4v) is 3.26. The number of hydrogen-bond donors (Lipinski definition) is 1. The zero-order chi connectivity index (χ0) is 18.5. The number of carbonyl (C=O) groups excluding carboxylic acids is 1. The number of hydrogen-bond acceptors (Lipinski definition) is 7. The molecule has 8 nitrogen and oxygen atoms in total. The molecular formula is C18H24N6O2. The van der Waals surface area contributed by atoms with Gasteiger partial charge in [-0.2, -0.15) is 0 Å². The molecule has 2 aromatic rings. The topological polar surface area (TPSA) is 93.1 Å². The lowest BCUT2D eigenvalue weighted by Gasteiger charge is -2.25. The van der Waals surface area contributed by atoms with Gasteiger partial charge >= 0.3 is 0 Å². The van der Waals surface area contributed by atoms with E-state index >= 15 is 0 Å². The predicted molar refractivity (Wildman–Crippen MR) is 97.0 cm³/mol. The van der Waals surface area contributed by atoms with Gasteiger partial charge in [0.2, 0.25) is 11.9 Å². The van der Waals surface area contributed by atoms with Gasteiger partial charge in [-0.15, -0.1) is 0 Å². The number of nitrogens with zero attached hydrogens (tertiary/aromatic N) is 5. The van der Waals surface area contributed by atoms with Crippen LogP contribution in [-0.2, 0) is 9.53 Å². The summed E-state index contributed by atoms with van der Waals surface area (Å²) in [6.45, 7) is 4.99. The Morgan fingerprint density at radius 2 is 2.00 bits per heavy atom. The molecule has 138 valence electrons. The summed E-state index contributed by atoms with van der Waals surface area (Å²) < 4.78 is 5.03. The molecule has 0 spiro atoms. The number of methoxy groups -OCH3 is 1. The van der Waals surface area contributed by atoms with E-state index in [1.807, 2.05) is 24.8 Å². The Kier molecular flexibility index (Phi) is 5.72. The van der Waals surface area contributed by atoms with Crippen LogP contribution in [0.1, 0.15) is 42.4 Å². The number of carbonyl (C=O) groups is 1. The predicted octanol–water partition coefficient (Wildman–Crippen LogP) is 2.33. The molecule has 0 aromatic carbocycles. The summed E-state index contributed by atoms with van der Waals surface area (Å²) in [5.41, 5.74) is 2.50. The Morgan fingerprint density at radius 1 is 1.27 bits per heavy atom. The summed E-state index contributed by atoms with van der Waals surface area (Å²) in [4.78, 5) is 32.1. The van der Waals surface area contributed by atoms with Crippen molar-refractivity contribution in [3.8, 4) is 0 Å². The van der Waals surface area contributed by atoms with Crippen molar-refractivity contribution in [2.75, 3.05) is 25.6 Å². The molecule has 1 fully saturated rings. The Balaban J connectivity index is 1.85. The third-order valence-electron chi connectivity index (χ3n) is 4.35. The lowest BCUT2D eigenvalue weighted by Crippen LogP contribution is -2.32. The van der Waals surface area contributed by atoms with E-state index in [1.54, 1.807) is 19.5 Å². The van der Waals surface area contributed by atoms with Crippen LogP contribution in [0.5, 0.6) is 0 Å². The molecule has 0 bridgehead atoms. The van der Waals surface area contributed by atoms with Crippen molar-refractivity contribution in [1.82, 2.24) is 24.8 Å². The molecule has 0 aliphatic carbocycles. The van der Waals surface area contributed by atoms with E-state index in [0.29, 0.717) is 24.8 Å². The van der Waals surface area contributed by atoms with Crippen LogP contribution in [0.4, 0.5) is 11.8 Å². The maximum atomic E-state index is 12.5. The third kappa shape index (κ3) is 4.13. The van der Waals surface area contributed by atoms with Gasteiger partial charge in [0.25, 0.3) is 0 Å². The summed E-state index contributed by atoms with van der Waals surface area (Å²) in [5.74, 6) is 1.15. The monoisotopic (exact) mass is 356 g/mol. The van der Waals surface area contributed by atoms with Gasteiger partial charge in [-0.05, 0) is 32.8 Å². The van der Waals surface area contributed by atoms with Gasteiger partial charge < -0.3 is 15.0 Å². The summed E-state index contributed by atoms with van der Waals surface area (Å²) in [6.07, 6.45) is 5.45. The smallest absolute Gasteiger partial charge is 0.228 e. The summed E-state index contributed by atoms with van der Waals surface area (Å²) in [6, 6.07) is 1.82. The van der Waals surface area contributed by atoms with Crippen LogP contribution < -0.4 is 5.32 Å². The van der Waals surface area contributed by atoms with Crippen LogP contribution >= 0.6 is 0 Å². The van der Waals surface area contributed by atoms with E-state index in [-0.39, 0.29) is 11.9 Å². The molecular weight excluding hydrogens is 332 g/mol. The van der Waals surface area contributed by atoms with Crippen molar-refractivity contribution in [3.05, 3.63) is 35.5 Å². The number of likely N-dealkylation sites (tertiary alicyclic amines) is 1. The summed E-state index contributed by atoms with van der Waals surface area (Å²) in [7, 11) is 1.60. The normalized spacial score (nSPS) is 16.7. The van der Waals surface area contributed by atoms with Crippen LogP contribution in [0.3, 0.4) is 0 Å². The van der Waals surface area contributed by atoms with Gasteiger partial charge in [-0.3, -0.25) is 9.78 Å². The molecule has 1 aliphatic heterocycles. The Morgan fingerprint density at radius 3 is 2.73 bits per heavy atom. The fourth-order valence-electron chi connectivity index (χ4n) is 3.26. The Labute approximate surface area is 153 Å². The average molecular weight is 356 g/mol. The summed E-state index contributed by atoms with van der Waals surface area (Å²) >= 11 is 0. The van der Waals surface area contributed by atoms with Crippen LogP contribution in [0, 0.1) is 13.8 Å². The van der Waals surface area contributed by atoms with E-state index in [0.717, 1.165) is 36.5 Å². The lowest BCUT2D eigenvalue weighted by molar-refractivity contribution is -0.133. The molecule has 26 heavy (non-hydrogen) atoms. The number of aryl methyl sites for hydroxylation is 2. The lowest BCUT2D eigenvalue weighted by atomic mass is 10.1. The van der Waals surface area contributed by atoms with E-state index < -0.39 is 0 Å². The molecule has 3 rings (SSSR count). The van der Waals surface area contributed by atoms with Gasteiger partial charge in [-0.25, -0.2) is 15.0 Å². The molecule has 1 atom stereocenters.